The van der Waals surface area contributed by atoms with Gasteiger partial charge in [-0.15, -0.1) is 0 Å². The molecule has 0 atom stereocenters. The normalized spacial score (nSPS) is 16.8. The van der Waals surface area contributed by atoms with E-state index in [-0.39, 0.29) is 31.2 Å². The number of amides is 2. The first-order valence-electron chi connectivity index (χ1n) is 6.90. The summed E-state index contributed by atoms with van der Waals surface area (Å²) in [4.78, 5) is 35.7. The van der Waals surface area contributed by atoms with Crippen molar-refractivity contribution in [2.24, 2.45) is 0 Å². The van der Waals surface area contributed by atoms with Gasteiger partial charge in [0.05, 0.1) is 6.42 Å². The van der Waals surface area contributed by atoms with Crippen molar-refractivity contribution in [1.82, 2.24) is 4.90 Å². The summed E-state index contributed by atoms with van der Waals surface area (Å²) in [6.45, 7) is 0.289. The summed E-state index contributed by atoms with van der Waals surface area (Å²) in [6, 6.07) is 9.38. The summed E-state index contributed by atoms with van der Waals surface area (Å²) in [5.41, 5.74) is 1.38. The van der Waals surface area contributed by atoms with E-state index in [1.54, 1.807) is 6.08 Å². The Balaban J connectivity index is 1.97. The van der Waals surface area contributed by atoms with Gasteiger partial charge >= 0.3 is 5.97 Å². The van der Waals surface area contributed by atoms with Crippen molar-refractivity contribution in [3.63, 3.8) is 0 Å². The van der Waals surface area contributed by atoms with Crippen molar-refractivity contribution >= 4 is 23.9 Å². The van der Waals surface area contributed by atoms with Crippen molar-refractivity contribution in [2.45, 2.75) is 25.7 Å². The van der Waals surface area contributed by atoms with E-state index in [1.165, 1.54) is 4.90 Å². The van der Waals surface area contributed by atoms with Crippen molar-refractivity contribution in [1.29, 1.82) is 0 Å². The molecule has 1 saturated heterocycles. The van der Waals surface area contributed by atoms with Crippen LogP contribution in [-0.2, 0) is 14.4 Å². The molecule has 0 aliphatic carbocycles. The van der Waals surface area contributed by atoms with Crippen molar-refractivity contribution < 1.29 is 19.5 Å². The van der Waals surface area contributed by atoms with E-state index in [1.807, 2.05) is 30.3 Å². The van der Waals surface area contributed by atoms with Crippen LogP contribution >= 0.6 is 0 Å². The summed E-state index contributed by atoms with van der Waals surface area (Å²) in [5.74, 6) is -1.34. The molecule has 1 heterocycles. The standard InChI is InChI=1S/C16H17NO4/c18-14-11-13(10-12-6-2-1-3-7-12)16(21)17(14)9-5-4-8-15(19)20/h1-3,6-7,10H,4-5,8-9,11H2,(H,19,20)/b13-10+. The first kappa shape index (κ1) is 15.0. The van der Waals surface area contributed by atoms with Crippen molar-refractivity contribution in [3.05, 3.63) is 41.5 Å². The summed E-state index contributed by atoms with van der Waals surface area (Å²) in [6.07, 6.45) is 2.89. The second kappa shape index (κ2) is 6.83. The van der Waals surface area contributed by atoms with Crippen LogP contribution in [0.4, 0.5) is 0 Å². The quantitative estimate of drug-likeness (QED) is 0.494. The van der Waals surface area contributed by atoms with Crippen LogP contribution in [0.15, 0.2) is 35.9 Å². The first-order chi connectivity index (χ1) is 10.1. The molecule has 5 nitrogen and oxygen atoms in total. The Morgan fingerprint density at radius 1 is 1.19 bits per heavy atom. The highest BCUT2D eigenvalue weighted by molar-refractivity contribution is 6.15. The molecule has 1 aliphatic rings. The second-order valence-electron chi connectivity index (χ2n) is 4.96. The van der Waals surface area contributed by atoms with Gasteiger partial charge in [-0.2, -0.15) is 0 Å². The Hall–Kier alpha value is -2.43. The van der Waals surface area contributed by atoms with Crippen LogP contribution in [0.1, 0.15) is 31.2 Å². The smallest absolute Gasteiger partial charge is 0.303 e. The number of likely N-dealkylation sites (tertiary alicyclic amines) is 1. The lowest BCUT2D eigenvalue weighted by Crippen LogP contribution is -2.30. The highest BCUT2D eigenvalue weighted by atomic mass is 16.4. The molecule has 5 heteroatoms. The van der Waals surface area contributed by atoms with E-state index < -0.39 is 5.97 Å². The number of carboxylic acids is 1. The van der Waals surface area contributed by atoms with Crippen LogP contribution in [0.25, 0.3) is 6.08 Å². The highest BCUT2D eigenvalue weighted by Gasteiger charge is 2.32. The molecule has 21 heavy (non-hydrogen) atoms. The molecule has 1 N–H and O–H groups in total. The molecule has 0 radical (unpaired) electrons. The maximum atomic E-state index is 12.2. The molecule has 0 unspecified atom stereocenters. The largest absolute Gasteiger partial charge is 0.481 e. The number of benzene rings is 1. The van der Waals surface area contributed by atoms with Gasteiger partial charge in [0.1, 0.15) is 0 Å². The molecule has 1 aromatic rings. The molecule has 0 saturated carbocycles. The number of carboxylic acid groups (broad SMARTS) is 1. The Bertz CT molecular complexity index is 577. The average Bonchev–Trinajstić information content (AvgIpc) is 2.71. The van der Waals surface area contributed by atoms with Gasteiger partial charge in [-0.3, -0.25) is 19.3 Å². The molecule has 1 aliphatic heterocycles. The Labute approximate surface area is 122 Å². The predicted molar refractivity (Wildman–Crippen MR) is 77.2 cm³/mol. The van der Waals surface area contributed by atoms with Gasteiger partial charge in [0.25, 0.3) is 5.91 Å². The Morgan fingerprint density at radius 2 is 1.90 bits per heavy atom. The SMILES string of the molecule is O=C(O)CCCCN1C(=O)C/C(=C\c2ccccc2)C1=O. The van der Waals surface area contributed by atoms with E-state index >= 15 is 0 Å². The van der Waals surface area contributed by atoms with Crippen LogP contribution in [-0.4, -0.2) is 34.3 Å². The molecule has 2 rings (SSSR count). The van der Waals surface area contributed by atoms with Crippen molar-refractivity contribution in [3.8, 4) is 0 Å². The summed E-state index contributed by atoms with van der Waals surface area (Å²) in [7, 11) is 0. The van der Waals surface area contributed by atoms with Gasteiger partial charge in [0, 0.05) is 18.5 Å². The zero-order valence-electron chi connectivity index (χ0n) is 11.6. The second-order valence-corrected chi connectivity index (χ2v) is 4.96. The molecule has 2 amide bonds. The number of hydrogen-bond donors (Lipinski definition) is 1. The van der Waals surface area contributed by atoms with Crippen LogP contribution in [0.3, 0.4) is 0 Å². The first-order valence-corrected chi connectivity index (χ1v) is 6.90. The molecule has 110 valence electrons. The van der Waals surface area contributed by atoms with Crippen LogP contribution in [0.2, 0.25) is 0 Å². The fourth-order valence-electron chi connectivity index (χ4n) is 2.26. The minimum Gasteiger partial charge on any atom is -0.481 e. The van der Waals surface area contributed by atoms with E-state index in [4.69, 9.17) is 5.11 Å². The van der Waals surface area contributed by atoms with E-state index in [0.717, 1.165) is 5.56 Å². The number of unbranched alkanes of at least 4 members (excludes halogenated alkanes) is 1. The monoisotopic (exact) mass is 287 g/mol. The fraction of sp³-hybridized carbons (Fsp3) is 0.312. The molecule has 1 aromatic carbocycles. The minimum absolute atomic E-state index is 0.0585. The Morgan fingerprint density at radius 3 is 2.57 bits per heavy atom. The topological polar surface area (TPSA) is 74.7 Å². The van der Waals surface area contributed by atoms with Gasteiger partial charge in [-0.05, 0) is 24.5 Å². The summed E-state index contributed by atoms with van der Waals surface area (Å²) >= 11 is 0. The average molecular weight is 287 g/mol. The number of carbonyl (C=O) groups excluding carboxylic acids is 2. The molecule has 0 spiro atoms. The van der Waals surface area contributed by atoms with E-state index in [2.05, 4.69) is 0 Å². The minimum atomic E-state index is -0.862. The van der Waals surface area contributed by atoms with Crippen LogP contribution < -0.4 is 0 Å². The maximum absolute atomic E-state index is 12.2. The number of hydrogen-bond acceptors (Lipinski definition) is 3. The van der Waals surface area contributed by atoms with Gasteiger partial charge in [0.15, 0.2) is 0 Å². The zero-order chi connectivity index (χ0) is 15.2. The predicted octanol–water partition coefficient (Wildman–Crippen LogP) is 2.08. The van der Waals surface area contributed by atoms with E-state index in [9.17, 15) is 14.4 Å². The molecule has 0 bridgehead atoms. The number of carbonyl (C=O) groups is 3. The van der Waals surface area contributed by atoms with Crippen LogP contribution in [0.5, 0.6) is 0 Å². The number of imide groups is 1. The molecular formula is C16H17NO4. The van der Waals surface area contributed by atoms with Gasteiger partial charge < -0.3 is 5.11 Å². The fourth-order valence-corrected chi connectivity index (χ4v) is 2.26. The lowest BCUT2D eigenvalue weighted by molar-refractivity contribution is -0.137. The van der Waals surface area contributed by atoms with Gasteiger partial charge in [0.2, 0.25) is 5.91 Å². The lowest BCUT2D eigenvalue weighted by atomic mass is 10.1. The highest BCUT2D eigenvalue weighted by Crippen LogP contribution is 2.22. The number of rotatable bonds is 6. The Kier molecular flexibility index (Phi) is 4.87. The lowest BCUT2D eigenvalue weighted by Gasteiger charge is -2.12. The maximum Gasteiger partial charge on any atom is 0.303 e. The molecular weight excluding hydrogens is 270 g/mol. The third-order valence-electron chi connectivity index (χ3n) is 3.33. The van der Waals surface area contributed by atoms with Gasteiger partial charge in [-0.25, -0.2) is 0 Å². The number of nitrogens with zero attached hydrogens (tertiary/aromatic N) is 1. The zero-order valence-corrected chi connectivity index (χ0v) is 11.6. The molecule has 1 fully saturated rings. The summed E-state index contributed by atoms with van der Waals surface area (Å²) in [5, 5.41) is 8.56. The van der Waals surface area contributed by atoms with Gasteiger partial charge in [-0.1, -0.05) is 30.3 Å². The van der Waals surface area contributed by atoms with Crippen LogP contribution in [0, 0.1) is 0 Å². The third-order valence-corrected chi connectivity index (χ3v) is 3.33. The third kappa shape index (κ3) is 4.02. The molecule has 0 aromatic heterocycles. The number of aliphatic carboxylic acids is 1. The van der Waals surface area contributed by atoms with E-state index in [0.29, 0.717) is 18.4 Å². The van der Waals surface area contributed by atoms with Crippen molar-refractivity contribution in [2.75, 3.05) is 6.54 Å². The summed E-state index contributed by atoms with van der Waals surface area (Å²) < 4.78 is 0.